The third-order valence-corrected chi connectivity index (χ3v) is 4.82. The second-order valence-electron chi connectivity index (χ2n) is 6.94. The topological polar surface area (TPSA) is 77.9 Å². The van der Waals surface area contributed by atoms with Crippen LogP contribution in [0.4, 0.5) is 0 Å². The Morgan fingerprint density at radius 3 is 2.72 bits per heavy atom. The van der Waals surface area contributed by atoms with Gasteiger partial charge in [0.15, 0.2) is 0 Å². The van der Waals surface area contributed by atoms with Crippen LogP contribution >= 0.6 is 0 Å². The SMILES string of the molecule is CC[C@@H](C)Oc1ccc(/C=C(/C#N)C(=O)NCCc2c[nH]c3ccccc23)cc1. The highest BCUT2D eigenvalue weighted by Crippen LogP contribution is 2.18. The van der Waals surface area contributed by atoms with Crippen molar-refractivity contribution in [3.8, 4) is 11.8 Å². The van der Waals surface area contributed by atoms with Crippen LogP contribution in [0, 0.1) is 11.3 Å². The first-order valence-electron chi connectivity index (χ1n) is 9.82. The molecule has 0 aliphatic heterocycles. The minimum atomic E-state index is -0.368. The number of nitrogens with zero attached hydrogens (tertiary/aromatic N) is 1. The van der Waals surface area contributed by atoms with E-state index in [-0.39, 0.29) is 17.6 Å². The first-order valence-corrected chi connectivity index (χ1v) is 9.82. The second kappa shape index (κ2) is 9.61. The lowest BCUT2D eigenvalue weighted by atomic mass is 10.1. The van der Waals surface area contributed by atoms with E-state index in [1.165, 1.54) is 0 Å². The number of rotatable bonds is 8. The molecule has 1 atom stereocenters. The highest BCUT2D eigenvalue weighted by Gasteiger charge is 2.10. The van der Waals surface area contributed by atoms with Crippen molar-refractivity contribution in [1.29, 1.82) is 5.26 Å². The van der Waals surface area contributed by atoms with Crippen molar-refractivity contribution in [3.05, 3.63) is 71.4 Å². The Morgan fingerprint density at radius 2 is 2.00 bits per heavy atom. The Labute approximate surface area is 171 Å². The fraction of sp³-hybridized carbons (Fsp3) is 0.250. The maximum atomic E-state index is 12.4. The number of benzene rings is 2. The summed E-state index contributed by atoms with van der Waals surface area (Å²) in [6.07, 6.45) is 5.32. The fourth-order valence-electron chi connectivity index (χ4n) is 3.02. The van der Waals surface area contributed by atoms with Gasteiger partial charge in [0.05, 0.1) is 6.10 Å². The van der Waals surface area contributed by atoms with Gasteiger partial charge in [-0.3, -0.25) is 4.79 Å². The van der Waals surface area contributed by atoms with E-state index in [4.69, 9.17) is 4.74 Å². The Morgan fingerprint density at radius 1 is 1.24 bits per heavy atom. The van der Waals surface area contributed by atoms with Crippen molar-refractivity contribution in [2.24, 2.45) is 0 Å². The number of para-hydroxylation sites is 1. The monoisotopic (exact) mass is 387 g/mol. The fourth-order valence-corrected chi connectivity index (χ4v) is 3.02. The second-order valence-corrected chi connectivity index (χ2v) is 6.94. The minimum Gasteiger partial charge on any atom is -0.491 e. The number of nitriles is 1. The van der Waals surface area contributed by atoms with Crippen molar-refractivity contribution in [3.63, 3.8) is 0 Å². The van der Waals surface area contributed by atoms with Crippen molar-refractivity contribution in [1.82, 2.24) is 10.3 Å². The van der Waals surface area contributed by atoms with Crippen molar-refractivity contribution in [2.75, 3.05) is 6.54 Å². The molecule has 1 heterocycles. The van der Waals surface area contributed by atoms with Gasteiger partial charge in [0.25, 0.3) is 5.91 Å². The molecule has 0 spiro atoms. The number of nitrogens with one attached hydrogen (secondary N) is 2. The van der Waals surface area contributed by atoms with Gasteiger partial charge < -0.3 is 15.0 Å². The van der Waals surface area contributed by atoms with Gasteiger partial charge in [0.2, 0.25) is 0 Å². The zero-order valence-electron chi connectivity index (χ0n) is 16.7. The van der Waals surface area contributed by atoms with Crippen molar-refractivity contribution >= 4 is 22.9 Å². The third kappa shape index (κ3) is 5.26. The Hall–Kier alpha value is -3.52. The molecule has 1 amide bonds. The number of hydrogen-bond donors (Lipinski definition) is 2. The van der Waals surface area contributed by atoms with Crippen LogP contribution in [0.25, 0.3) is 17.0 Å². The van der Waals surface area contributed by atoms with Gasteiger partial charge in [-0.1, -0.05) is 37.3 Å². The quantitative estimate of drug-likeness (QED) is 0.438. The van der Waals surface area contributed by atoms with E-state index in [1.54, 1.807) is 6.08 Å². The highest BCUT2D eigenvalue weighted by atomic mass is 16.5. The largest absolute Gasteiger partial charge is 0.491 e. The molecule has 2 N–H and O–H groups in total. The molecule has 29 heavy (non-hydrogen) atoms. The van der Waals surface area contributed by atoms with Crippen LogP contribution in [0.15, 0.2) is 60.3 Å². The summed E-state index contributed by atoms with van der Waals surface area (Å²) in [5, 5.41) is 13.4. The first-order chi connectivity index (χ1) is 14.1. The lowest BCUT2D eigenvalue weighted by molar-refractivity contribution is -0.117. The number of amides is 1. The lowest BCUT2D eigenvalue weighted by Gasteiger charge is -2.12. The van der Waals surface area contributed by atoms with E-state index >= 15 is 0 Å². The zero-order chi connectivity index (χ0) is 20.6. The number of aromatic amines is 1. The van der Waals surface area contributed by atoms with Crippen LogP contribution in [0.2, 0.25) is 0 Å². The molecule has 0 saturated carbocycles. The predicted molar refractivity (Wildman–Crippen MR) is 115 cm³/mol. The molecule has 0 aliphatic rings. The summed E-state index contributed by atoms with van der Waals surface area (Å²) < 4.78 is 5.75. The average molecular weight is 387 g/mol. The van der Waals surface area contributed by atoms with E-state index in [1.807, 2.05) is 61.7 Å². The highest BCUT2D eigenvalue weighted by molar-refractivity contribution is 6.01. The van der Waals surface area contributed by atoms with E-state index in [2.05, 4.69) is 23.3 Å². The van der Waals surface area contributed by atoms with Crippen LogP contribution in [0.1, 0.15) is 31.4 Å². The molecule has 0 saturated heterocycles. The summed E-state index contributed by atoms with van der Waals surface area (Å²) in [4.78, 5) is 15.6. The number of hydrogen-bond acceptors (Lipinski definition) is 3. The van der Waals surface area contributed by atoms with E-state index in [0.717, 1.165) is 34.2 Å². The Balaban J connectivity index is 1.59. The van der Waals surface area contributed by atoms with Crippen LogP contribution in [0.3, 0.4) is 0 Å². The molecule has 2 aromatic carbocycles. The third-order valence-electron chi connectivity index (χ3n) is 4.82. The standard InChI is InChI=1S/C24H25N3O2/c1-3-17(2)29-21-10-8-18(9-11-21)14-20(15-25)24(28)26-13-12-19-16-27-23-7-5-4-6-22(19)23/h4-11,14,16-17,27H,3,12-13H2,1-2H3,(H,26,28)/b20-14-/t17-/m1/s1. The summed E-state index contributed by atoms with van der Waals surface area (Å²) in [5.41, 5.74) is 3.08. The van der Waals surface area contributed by atoms with Gasteiger partial charge in [-0.15, -0.1) is 0 Å². The number of carbonyl (C=O) groups excluding carboxylic acids is 1. The molecule has 0 aliphatic carbocycles. The van der Waals surface area contributed by atoms with Crippen LogP contribution in [-0.2, 0) is 11.2 Å². The van der Waals surface area contributed by atoms with Gasteiger partial charge in [0.1, 0.15) is 17.4 Å². The molecule has 3 aromatic rings. The van der Waals surface area contributed by atoms with Gasteiger partial charge >= 0.3 is 0 Å². The summed E-state index contributed by atoms with van der Waals surface area (Å²) in [5.74, 6) is 0.408. The normalized spacial score (nSPS) is 12.4. The molecule has 148 valence electrons. The molecule has 0 radical (unpaired) electrons. The van der Waals surface area contributed by atoms with Crippen molar-refractivity contribution in [2.45, 2.75) is 32.8 Å². The van der Waals surface area contributed by atoms with Gasteiger partial charge in [-0.2, -0.15) is 5.26 Å². The van der Waals surface area contributed by atoms with Gasteiger partial charge in [-0.05, 0) is 55.2 Å². The summed E-state index contributed by atoms with van der Waals surface area (Å²) >= 11 is 0. The molecule has 5 heteroatoms. The van der Waals surface area contributed by atoms with E-state index in [9.17, 15) is 10.1 Å². The zero-order valence-corrected chi connectivity index (χ0v) is 16.7. The minimum absolute atomic E-state index is 0.0829. The first kappa shape index (κ1) is 20.2. The molecular weight excluding hydrogens is 362 g/mol. The summed E-state index contributed by atoms with van der Waals surface area (Å²) in [7, 11) is 0. The molecule has 0 fully saturated rings. The average Bonchev–Trinajstić information content (AvgIpc) is 3.16. The van der Waals surface area contributed by atoms with E-state index < -0.39 is 0 Å². The summed E-state index contributed by atoms with van der Waals surface area (Å²) in [6, 6.07) is 17.4. The number of aromatic nitrogens is 1. The van der Waals surface area contributed by atoms with E-state index in [0.29, 0.717) is 13.0 Å². The molecule has 5 nitrogen and oxygen atoms in total. The Bertz CT molecular complexity index is 1040. The number of H-pyrrole nitrogens is 1. The van der Waals surface area contributed by atoms with Gasteiger partial charge in [0, 0.05) is 23.6 Å². The number of fused-ring (bicyclic) bond motifs is 1. The van der Waals surface area contributed by atoms with Crippen molar-refractivity contribution < 1.29 is 9.53 Å². The van der Waals surface area contributed by atoms with Gasteiger partial charge in [-0.25, -0.2) is 0 Å². The summed E-state index contributed by atoms with van der Waals surface area (Å²) in [6.45, 7) is 4.54. The lowest BCUT2D eigenvalue weighted by Crippen LogP contribution is -2.26. The predicted octanol–water partition coefficient (Wildman–Crippen LogP) is 4.61. The smallest absolute Gasteiger partial charge is 0.261 e. The molecule has 3 rings (SSSR count). The maximum absolute atomic E-state index is 12.4. The molecule has 0 unspecified atom stereocenters. The van der Waals surface area contributed by atoms with Crippen LogP contribution < -0.4 is 10.1 Å². The maximum Gasteiger partial charge on any atom is 0.261 e. The molecular formula is C24H25N3O2. The molecule has 1 aromatic heterocycles. The number of carbonyl (C=O) groups is 1. The van der Waals surface area contributed by atoms with Crippen LogP contribution in [0.5, 0.6) is 5.75 Å². The Kier molecular flexibility index (Phi) is 6.70. The number of ether oxygens (including phenoxy) is 1. The van der Waals surface area contributed by atoms with Crippen LogP contribution in [-0.4, -0.2) is 23.5 Å². The molecule has 0 bridgehead atoms.